The first-order valence-corrected chi connectivity index (χ1v) is 8.71. The molecule has 0 aliphatic rings. The van der Waals surface area contributed by atoms with Crippen molar-refractivity contribution in [1.29, 1.82) is 0 Å². The number of hydrogen-bond donors (Lipinski definition) is 1. The quantitative estimate of drug-likeness (QED) is 0.619. The molecule has 0 radical (unpaired) electrons. The minimum absolute atomic E-state index is 0.650. The Morgan fingerprint density at radius 3 is 2.46 bits per heavy atom. The zero-order valence-electron chi connectivity index (χ0n) is 14.6. The molecule has 2 N–H and O–H groups in total. The maximum atomic E-state index is 12.6. The number of allylic oxidation sites excluding steroid dienone is 1. The molecule has 0 atom stereocenters. The SMILES string of the molecule is C=C(S/C=C/Cc1cc(C)c(N)cc1OC)c1ccc(C(F)(F)F)cc1. The van der Waals surface area contributed by atoms with E-state index < -0.39 is 11.7 Å². The van der Waals surface area contributed by atoms with E-state index in [1.54, 1.807) is 13.2 Å². The average Bonchev–Trinajstić information content (AvgIpc) is 2.60. The lowest BCUT2D eigenvalue weighted by Gasteiger charge is -2.10. The molecule has 0 aliphatic heterocycles. The summed E-state index contributed by atoms with van der Waals surface area (Å²) in [5.74, 6) is 0.726. The van der Waals surface area contributed by atoms with Gasteiger partial charge in [0, 0.05) is 16.7 Å². The summed E-state index contributed by atoms with van der Waals surface area (Å²) in [6.07, 6.45) is -1.73. The van der Waals surface area contributed by atoms with E-state index in [-0.39, 0.29) is 0 Å². The van der Waals surface area contributed by atoms with Gasteiger partial charge < -0.3 is 10.5 Å². The number of aryl methyl sites for hydroxylation is 1. The van der Waals surface area contributed by atoms with Crippen LogP contribution in [0.25, 0.3) is 4.91 Å². The molecule has 0 aliphatic carbocycles. The average molecular weight is 379 g/mol. The minimum Gasteiger partial charge on any atom is -0.496 e. The summed E-state index contributed by atoms with van der Waals surface area (Å²) in [5, 5.41) is 1.87. The Labute approximate surface area is 155 Å². The van der Waals surface area contributed by atoms with Crippen molar-refractivity contribution in [1.82, 2.24) is 0 Å². The van der Waals surface area contributed by atoms with Gasteiger partial charge in [-0.05, 0) is 47.6 Å². The summed E-state index contributed by atoms with van der Waals surface area (Å²) >= 11 is 1.36. The number of ether oxygens (including phenoxy) is 1. The third-order valence-electron chi connectivity index (χ3n) is 3.85. The Morgan fingerprint density at radius 2 is 1.88 bits per heavy atom. The van der Waals surface area contributed by atoms with Crippen molar-refractivity contribution in [2.75, 3.05) is 12.8 Å². The monoisotopic (exact) mass is 379 g/mol. The topological polar surface area (TPSA) is 35.2 Å². The summed E-state index contributed by atoms with van der Waals surface area (Å²) < 4.78 is 43.1. The first-order chi connectivity index (χ1) is 12.2. The highest BCUT2D eigenvalue weighted by Crippen LogP contribution is 2.32. The van der Waals surface area contributed by atoms with Gasteiger partial charge in [0.25, 0.3) is 0 Å². The Bertz CT molecular complexity index is 811. The smallest absolute Gasteiger partial charge is 0.416 e. The number of nitrogens with two attached hydrogens (primary N) is 1. The maximum absolute atomic E-state index is 12.6. The van der Waals surface area contributed by atoms with Crippen LogP contribution in [0, 0.1) is 6.92 Å². The highest BCUT2D eigenvalue weighted by Gasteiger charge is 2.29. The molecule has 2 rings (SSSR count). The molecule has 2 aromatic carbocycles. The van der Waals surface area contributed by atoms with Crippen LogP contribution in [0.1, 0.15) is 22.3 Å². The molecule has 0 amide bonds. The van der Waals surface area contributed by atoms with Crippen molar-refractivity contribution >= 4 is 22.4 Å². The first-order valence-electron chi connectivity index (χ1n) is 7.83. The van der Waals surface area contributed by atoms with E-state index in [0.29, 0.717) is 22.6 Å². The zero-order valence-corrected chi connectivity index (χ0v) is 15.4. The Kier molecular flexibility index (Phi) is 6.42. The molecule has 6 heteroatoms. The van der Waals surface area contributed by atoms with E-state index in [0.717, 1.165) is 29.0 Å². The number of anilines is 1. The van der Waals surface area contributed by atoms with Crippen LogP contribution in [-0.4, -0.2) is 7.11 Å². The van der Waals surface area contributed by atoms with Gasteiger partial charge in [0.1, 0.15) is 5.75 Å². The maximum Gasteiger partial charge on any atom is 0.416 e. The van der Waals surface area contributed by atoms with Crippen LogP contribution in [0.5, 0.6) is 5.75 Å². The van der Waals surface area contributed by atoms with Gasteiger partial charge in [0.15, 0.2) is 0 Å². The second kappa shape index (κ2) is 8.36. The second-order valence-electron chi connectivity index (χ2n) is 5.71. The summed E-state index contributed by atoms with van der Waals surface area (Å²) in [5.41, 5.74) is 8.54. The lowest BCUT2D eigenvalue weighted by molar-refractivity contribution is -0.137. The number of alkyl halides is 3. The van der Waals surface area contributed by atoms with Crippen molar-refractivity contribution in [3.05, 3.63) is 76.7 Å². The fourth-order valence-corrected chi connectivity index (χ4v) is 2.96. The van der Waals surface area contributed by atoms with Crippen LogP contribution in [0.15, 0.2) is 54.5 Å². The number of thioether (sulfide) groups is 1. The number of nitrogen functional groups attached to an aromatic ring is 1. The fourth-order valence-electron chi connectivity index (χ4n) is 2.33. The molecule has 0 saturated heterocycles. The molecule has 0 fully saturated rings. The molecule has 0 unspecified atom stereocenters. The second-order valence-corrected chi connectivity index (χ2v) is 6.71. The van der Waals surface area contributed by atoms with E-state index in [4.69, 9.17) is 10.5 Å². The van der Waals surface area contributed by atoms with Crippen LogP contribution in [0.4, 0.5) is 18.9 Å². The fraction of sp³-hybridized carbons (Fsp3) is 0.200. The molecule has 138 valence electrons. The molecule has 2 nitrogen and oxygen atoms in total. The van der Waals surface area contributed by atoms with E-state index in [1.807, 2.05) is 24.5 Å². The highest BCUT2D eigenvalue weighted by molar-refractivity contribution is 8.10. The zero-order chi connectivity index (χ0) is 19.3. The number of rotatable bonds is 6. The molecular weight excluding hydrogens is 359 g/mol. The molecule has 26 heavy (non-hydrogen) atoms. The molecule has 0 bridgehead atoms. The van der Waals surface area contributed by atoms with Crippen molar-refractivity contribution < 1.29 is 17.9 Å². The van der Waals surface area contributed by atoms with Gasteiger partial charge in [0.2, 0.25) is 0 Å². The Hall–Kier alpha value is -2.34. The van der Waals surface area contributed by atoms with Crippen LogP contribution in [-0.2, 0) is 12.6 Å². The van der Waals surface area contributed by atoms with Crippen LogP contribution in [0.3, 0.4) is 0 Å². The summed E-state index contributed by atoms with van der Waals surface area (Å²) in [7, 11) is 1.60. The largest absolute Gasteiger partial charge is 0.496 e. The number of hydrogen-bond acceptors (Lipinski definition) is 3. The van der Waals surface area contributed by atoms with Gasteiger partial charge in [-0.2, -0.15) is 13.2 Å². The van der Waals surface area contributed by atoms with Gasteiger partial charge >= 0.3 is 6.18 Å². The summed E-state index contributed by atoms with van der Waals surface area (Å²) in [6.45, 7) is 5.84. The Balaban J connectivity index is 1.98. The van der Waals surface area contributed by atoms with E-state index in [2.05, 4.69) is 6.58 Å². The van der Waals surface area contributed by atoms with Gasteiger partial charge in [-0.25, -0.2) is 0 Å². The van der Waals surface area contributed by atoms with E-state index >= 15 is 0 Å². The summed E-state index contributed by atoms with van der Waals surface area (Å²) in [6, 6.07) is 8.76. The van der Waals surface area contributed by atoms with Crippen LogP contribution in [0.2, 0.25) is 0 Å². The standard InChI is InChI=1S/C20H20F3NOS/c1-13-11-16(19(25-3)12-18(13)24)5-4-10-26-14(2)15-6-8-17(9-7-15)20(21,22)23/h4,6-12H,2,5,24H2,1,3H3/b10-4+. The predicted octanol–water partition coefficient (Wildman–Crippen LogP) is 6.06. The molecule has 2 aromatic rings. The number of methoxy groups -OCH3 is 1. The Morgan fingerprint density at radius 1 is 1.23 bits per heavy atom. The molecule has 0 heterocycles. The lowest BCUT2D eigenvalue weighted by Crippen LogP contribution is -2.04. The number of benzene rings is 2. The lowest BCUT2D eigenvalue weighted by atomic mass is 10.1. The predicted molar refractivity (Wildman–Crippen MR) is 103 cm³/mol. The molecule has 0 saturated carbocycles. The van der Waals surface area contributed by atoms with Gasteiger partial charge in [0.05, 0.1) is 12.7 Å². The van der Waals surface area contributed by atoms with Crippen molar-refractivity contribution in [3.8, 4) is 5.75 Å². The highest BCUT2D eigenvalue weighted by atomic mass is 32.2. The van der Waals surface area contributed by atoms with Crippen LogP contribution < -0.4 is 10.5 Å². The van der Waals surface area contributed by atoms with Gasteiger partial charge in [-0.1, -0.05) is 42.6 Å². The minimum atomic E-state index is -4.33. The van der Waals surface area contributed by atoms with Crippen molar-refractivity contribution in [2.45, 2.75) is 19.5 Å². The number of halogens is 3. The van der Waals surface area contributed by atoms with Gasteiger partial charge in [-0.15, -0.1) is 0 Å². The van der Waals surface area contributed by atoms with Crippen LogP contribution >= 0.6 is 11.8 Å². The third kappa shape index (κ3) is 5.08. The third-order valence-corrected chi connectivity index (χ3v) is 4.70. The van der Waals surface area contributed by atoms with Crippen molar-refractivity contribution in [2.24, 2.45) is 0 Å². The molecular formula is C20H20F3NOS. The van der Waals surface area contributed by atoms with E-state index in [9.17, 15) is 13.2 Å². The normalized spacial score (nSPS) is 11.7. The van der Waals surface area contributed by atoms with Gasteiger partial charge in [-0.3, -0.25) is 0 Å². The molecule has 0 aromatic heterocycles. The summed E-state index contributed by atoms with van der Waals surface area (Å²) in [4.78, 5) is 0.676. The first kappa shape index (κ1) is 20.0. The molecule has 0 spiro atoms. The van der Waals surface area contributed by atoms with Crippen molar-refractivity contribution in [3.63, 3.8) is 0 Å². The van der Waals surface area contributed by atoms with E-state index in [1.165, 1.54) is 23.9 Å².